The third-order valence-electron chi connectivity index (χ3n) is 2.07. The summed E-state index contributed by atoms with van der Waals surface area (Å²) in [5.74, 6) is 0.738. The van der Waals surface area contributed by atoms with E-state index in [1.54, 1.807) is 18.4 Å². The maximum absolute atomic E-state index is 12.8. The molecule has 0 amide bonds. The van der Waals surface area contributed by atoms with Gasteiger partial charge in [-0.1, -0.05) is 18.2 Å². The second kappa shape index (κ2) is 6.81. The van der Waals surface area contributed by atoms with Crippen molar-refractivity contribution in [1.29, 1.82) is 0 Å². The van der Waals surface area contributed by atoms with Gasteiger partial charge in [-0.3, -0.25) is 4.21 Å². The fraction of sp³-hybridized carbons (Fsp3) is 0.333. The number of allylic oxidation sites excluding steroid dienone is 1. The van der Waals surface area contributed by atoms with Crippen LogP contribution in [0.1, 0.15) is 12.0 Å². The minimum Gasteiger partial charge on any atom is -0.260 e. The third kappa shape index (κ3) is 4.45. The molecule has 0 heterocycles. The fourth-order valence-corrected chi connectivity index (χ4v) is 2.20. The number of hydrogen-bond acceptors (Lipinski definition) is 1. The highest BCUT2D eigenvalue weighted by molar-refractivity contribution is 7.84. The third-order valence-corrected chi connectivity index (χ3v) is 3.01. The van der Waals surface area contributed by atoms with Gasteiger partial charge in [0.1, 0.15) is 5.82 Å². The van der Waals surface area contributed by atoms with E-state index in [9.17, 15) is 8.60 Å². The molecule has 1 aromatic rings. The average molecular weight is 261 g/mol. The lowest BCUT2D eigenvalue weighted by atomic mass is 10.1. The van der Waals surface area contributed by atoms with Crippen LogP contribution in [0.4, 0.5) is 4.39 Å². The van der Waals surface area contributed by atoms with Crippen LogP contribution in [0.3, 0.4) is 0 Å². The molecule has 0 aliphatic carbocycles. The van der Waals surface area contributed by atoms with Gasteiger partial charge < -0.3 is 0 Å². The predicted octanol–water partition coefficient (Wildman–Crippen LogP) is 3.22. The molecule has 0 saturated carbocycles. The SMILES string of the molecule is CS(=O)C/C(=C/CCCl)c1ccc(F)cc1. The lowest BCUT2D eigenvalue weighted by molar-refractivity contribution is 0.627. The summed E-state index contributed by atoms with van der Waals surface area (Å²) in [5, 5.41) is 0. The van der Waals surface area contributed by atoms with Gasteiger partial charge in [-0.05, 0) is 29.7 Å². The van der Waals surface area contributed by atoms with Crippen LogP contribution in [0.2, 0.25) is 0 Å². The highest BCUT2D eigenvalue weighted by Crippen LogP contribution is 2.17. The van der Waals surface area contributed by atoms with Gasteiger partial charge in [0.2, 0.25) is 0 Å². The van der Waals surface area contributed by atoms with Gasteiger partial charge >= 0.3 is 0 Å². The Morgan fingerprint density at radius 1 is 1.44 bits per heavy atom. The molecular weight excluding hydrogens is 247 g/mol. The van der Waals surface area contributed by atoms with Crippen molar-refractivity contribution in [2.75, 3.05) is 17.9 Å². The molecule has 0 saturated heterocycles. The van der Waals surface area contributed by atoms with E-state index in [0.717, 1.165) is 17.6 Å². The van der Waals surface area contributed by atoms with Crippen molar-refractivity contribution in [3.8, 4) is 0 Å². The monoisotopic (exact) mass is 260 g/mol. The van der Waals surface area contributed by atoms with Crippen LogP contribution in [-0.2, 0) is 10.8 Å². The molecule has 0 N–H and O–H groups in total. The molecule has 1 aromatic carbocycles. The van der Waals surface area contributed by atoms with Gasteiger partial charge in [-0.25, -0.2) is 4.39 Å². The first-order valence-corrected chi connectivity index (χ1v) is 7.20. The number of rotatable bonds is 5. The minimum absolute atomic E-state index is 0.266. The molecule has 88 valence electrons. The number of benzene rings is 1. The summed E-state index contributed by atoms with van der Waals surface area (Å²) in [4.78, 5) is 0. The Balaban J connectivity index is 2.91. The van der Waals surface area contributed by atoms with E-state index in [-0.39, 0.29) is 5.82 Å². The van der Waals surface area contributed by atoms with Crippen molar-refractivity contribution in [2.24, 2.45) is 0 Å². The van der Waals surface area contributed by atoms with Crippen LogP contribution >= 0.6 is 11.6 Å². The zero-order valence-electron chi connectivity index (χ0n) is 9.08. The highest BCUT2D eigenvalue weighted by atomic mass is 35.5. The molecule has 1 rings (SSSR count). The van der Waals surface area contributed by atoms with Crippen molar-refractivity contribution in [1.82, 2.24) is 0 Å². The summed E-state index contributed by atoms with van der Waals surface area (Å²) >= 11 is 5.61. The first-order chi connectivity index (χ1) is 7.63. The Labute approximate surface area is 103 Å². The largest absolute Gasteiger partial charge is 0.260 e. The molecule has 0 aromatic heterocycles. The molecular formula is C12H14ClFOS. The summed E-state index contributed by atoms with van der Waals surface area (Å²) in [6.07, 6.45) is 4.34. The van der Waals surface area contributed by atoms with Crippen LogP contribution < -0.4 is 0 Å². The van der Waals surface area contributed by atoms with E-state index in [1.165, 1.54) is 12.1 Å². The van der Waals surface area contributed by atoms with Crippen LogP contribution in [-0.4, -0.2) is 22.1 Å². The highest BCUT2D eigenvalue weighted by Gasteiger charge is 2.04. The predicted molar refractivity (Wildman–Crippen MR) is 68.6 cm³/mol. The second-order valence-electron chi connectivity index (χ2n) is 3.43. The number of hydrogen-bond donors (Lipinski definition) is 0. The smallest absolute Gasteiger partial charge is 0.123 e. The quantitative estimate of drug-likeness (QED) is 0.743. The van der Waals surface area contributed by atoms with Gasteiger partial charge in [0, 0.05) is 28.7 Å². The second-order valence-corrected chi connectivity index (χ2v) is 5.24. The topological polar surface area (TPSA) is 17.1 Å². The Morgan fingerprint density at radius 3 is 2.56 bits per heavy atom. The van der Waals surface area contributed by atoms with Crippen LogP contribution in [0.25, 0.3) is 5.57 Å². The van der Waals surface area contributed by atoms with Crippen molar-refractivity contribution < 1.29 is 8.60 Å². The van der Waals surface area contributed by atoms with Crippen molar-refractivity contribution in [2.45, 2.75) is 6.42 Å². The molecule has 1 atom stereocenters. The molecule has 4 heteroatoms. The zero-order valence-corrected chi connectivity index (χ0v) is 10.7. The summed E-state index contributed by atoms with van der Waals surface area (Å²) in [5.41, 5.74) is 1.86. The molecule has 0 aliphatic heterocycles. The molecule has 0 bridgehead atoms. The first-order valence-electron chi connectivity index (χ1n) is 4.94. The van der Waals surface area contributed by atoms with Gasteiger partial charge in [-0.15, -0.1) is 11.6 Å². The van der Waals surface area contributed by atoms with E-state index in [1.807, 2.05) is 6.08 Å². The molecule has 0 aliphatic rings. The van der Waals surface area contributed by atoms with Crippen molar-refractivity contribution in [3.63, 3.8) is 0 Å². The maximum atomic E-state index is 12.8. The Hall–Kier alpha value is -0.670. The van der Waals surface area contributed by atoms with E-state index < -0.39 is 10.8 Å². The van der Waals surface area contributed by atoms with Crippen molar-refractivity contribution in [3.05, 3.63) is 41.7 Å². The summed E-state index contributed by atoms with van der Waals surface area (Å²) in [6.45, 7) is 0. The average Bonchev–Trinajstić information content (AvgIpc) is 2.25. The lowest BCUT2D eigenvalue weighted by Crippen LogP contribution is -1.98. The number of alkyl halides is 1. The Kier molecular flexibility index (Phi) is 5.71. The fourth-order valence-electron chi connectivity index (χ4n) is 1.37. The van der Waals surface area contributed by atoms with E-state index in [0.29, 0.717) is 11.6 Å². The van der Waals surface area contributed by atoms with Crippen molar-refractivity contribution >= 4 is 28.0 Å². The molecule has 0 radical (unpaired) electrons. The van der Waals surface area contributed by atoms with E-state index in [2.05, 4.69) is 0 Å². The summed E-state index contributed by atoms with van der Waals surface area (Å²) < 4.78 is 24.0. The number of halogens is 2. The van der Waals surface area contributed by atoms with E-state index in [4.69, 9.17) is 11.6 Å². The molecule has 0 spiro atoms. The van der Waals surface area contributed by atoms with E-state index >= 15 is 0 Å². The maximum Gasteiger partial charge on any atom is 0.123 e. The van der Waals surface area contributed by atoms with Crippen LogP contribution in [0.5, 0.6) is 0 Å². The Morgan fingerprint density at radius 2 is 2.06 bits per heavy atom. The summed E-state index contributed by atoms with van der Waals surface area (Å²) in [7, 11) is -0.910. The Bertz CT molecular complexity index is 387. The summed E-state index contributed by atoms with van der Waals surface area (Å²) in [6, 6.07) is 6.20. The first kappa shape index (κ1) is 13.4. The normalized spacial score (nSPS) is 13.8. The zero-order chi connectivity index (χ0) is 12.0. The van der Waals surface area contributed by atoms with Crippen LogP contribution in [0, 0.1) is 5.82 Å². The van der Waals surface area contributed by atoms with Gasteiger partial charge in [0.25, 0.3) is 0 Å². The van der Waals surface area contributed by atoms with Gasteiger partial charge in [0.05, 0.1) is 0 Å². The minimum atomic E-state index is -0.910. The molecule has 1 nitrogen and oxygen atoms in total. The lowest BCUT2D eigenvalue weighted by Gasteiger charge is -2.06. The standard InChI is InChI=1S/C12H14ClFOS/c1-16(15)9-11(3-2-8-13)10-4-6-12(14)7-5-10/h3-7H,2,8-9H2,1H3/b11-3-. The molecule has 0 fully saturated rings. The van der Waals surface area contributed by atoms with Gasteiger partial charge in [-0.2, -0.15) is 0 Å². The van der Waals surface area contributed by atoms with Crippen LogP contribution in [0.15, 0.2) is 30.3 Å². The van der Waals surface area contributed by atoms with Gasteiger partial charge in [0.15, 0.2) is 0 Å². The molecule has 16 heavy (non-hydrogen) atoms. The molecule has 1 unspecified atom stereocenters.